The molecule has 6 nitrogen and oxygen atoms in total. The summed E-state index contributed by atoms with van der Waals surface area (Å²) in [5.74, 6) is -2.19. The van der Waals surface area contributed by atoms with Crippen LogP contribution in [0.4, 0.5) is 0 Å². The Morgan fingerprint density at radius 1 is 1.15 bits per heavy atom. The van der Waals surface area contributed by atoms with E-state index in [1.807, 2.05) is 30.3 Å². The maximum absolute atomic E-state index is 11.9. The van der Waals surface area contributed by atoms with Crippen LogP contribution < -0.4 is 5.73 Å². The van der Waals surface area contributed by atoms with Gasteiger partial charge in [0.1, 0.15) is 0 Å². The highest BCUT2D eigenvalue weighted by Crippen LogP contribution is 2.06. The van der Waals surface area contributed by atoms with Gasteiger partial charge in [0.2, 0.25) is 11.8 Å². The molecule has 0 radical (unpaired) electrons. The first-order chi connectivity index (χ1) is 9.49. The van der Waals surface area contributed by atoms with Crippen molar-refractivity contribution in [3.63, 3.8) is 0 Å². The summed E-state index contributed by atoms with van der Waals surface area (Å²) in [5, 5.41) is 8.52. The second-order valence-corrected chi connectivity index (χ2v) is 4.13. The number of benzene rings is 1. The first-order valence-electron chi connectivity index (χ1n) is 6.01. The molecule has 1 aromatic carbocycles. The van der Waals surface area contributed by atoms with Crippen molar-refractivity contribution in [2.45, 2.75) is 13.0 Å². The van der Waals surface area contributed by atoms with E-state index in [0.717, 1.165) is 17.7 Å². The van der Waals surface area contributed by atoms with Crippen LogP contribution >= 0.6 is 0 Å². The Kier molecular flexibility index (Phi) is 5.96. The van der Waals surface area contributed by atoms with Crippen LogP contribution in [-0.4, -0.2) is 34.3 Å². The third-order valence-electron chi connectivity index (χ3n) is 2.52. The second kappa shape index (κ2) is 7.73. The molecule has 0 fully saturated rings. The molecule has 0 unspecified atom stereocenters. The summed E-state index contributed by atoms with van der Waals surface area (Å²) in [6.45, 7) is 0.434. The molecule has 106 valence electrons. The molecular weight excluding hydrogens is 260 g/mol. The number of carbonyl (C=O) groups excluding carboxylic acids is 2. The molecule has 0 spiro atoms. The first-order valence-corrected chi connectivity index (χ1v) is 6.01. The molecule has 3 N–H and O–H groups in total. The van der Waals surface area contributed by atoms with Gasteiger partial charge in [-0.2, -0.15) is 0 Å². The molecule has 20 heavy (non-hydrogen) atoms. The number of carboxylic acids is 1. The van der Waals surface area contributed by atoms with Gasteiger partial charge >= 0.3 is 5.97 Å². The van der Waals surface area contributed by atoms with Gasteiger partial charge in [-0.05, 0) is 5.56 Å². The highest BCUT2D eigenvalue weighted by molar-refractivity contribution is 5.94. The third kappa shape index (κ3) is 5.81. The summed E-state index contributed by atoms with van der Waals surface area (Å²) in [5.41, 5.74) is 5.95. The number of rotatable bonds is 7. The van der Waals surface area contributed by atoms with Crippen molar-refractivity contribution >= 4 is 17.8 Å². The third-order valence-corrected chi connectivity index (χ3v) is 2.52. The minimum Gasteiger partial charge on any atom is -0.478 e. The Bertz CT molecular complexity index is 511. The van der Waals surface area contributed by atoms with Crippen LogP contribution in [0.3, 0.4) is 0 Å². The van der Waals surface area contributed by atoms with Crippen molar-refractivity contribution in [2.24, 2.45) is 5.73 Å². The molecule has 6 heteroatoms. The van der Waals surface area contributed by atoms with Crippen LogP contribution in [0.15, 0.2) is 42.5 Å². The predicted molar refractivity (Wildman–Crippen MR) is 72.4 cm³/mol. The van der Waals surface area contributed by atoms with Crippen molar-refractivity contribution in [2.75, 3.05) is 6.54 Å². The number of nitrogens with zero attached hydrogens (tertiary/aromatic N) is 1. The van der Waals surface area contributed by atoms with Crippen LogP contribution in [0.25, 0.3) is 0 Å². The summed E-state index contributed by atoms with van der Waals surface area (Å²) < 4.78 is 0. The first kappa shape index (κ1) is 15.4. The summed E-state index contributed by atoms with van der Waals surface area (Å²) >= 11 is 0. The normalized spacial score (nSPS) is 10.4. The lowest BCUT2D eigenvalue weighted by Gasteiger charge is -2.20. The van der Waals surface area contributed by atoms with Crippen molar-refractivity contribution in [1.82, 2.24) is 4.90 Å². The molecule has 0 aliphatic heterocycles. The lowest BCUT2D eigenvalue weighted by atomic mass is 10.2. The van der Waals surface area contributed by atoms with Gasteiger partial charge in [-0.25, -0.2) is 4.79 Å². The maximum Gasteiger partial charge on any atom is 0.328 e. The zero-order valence-corrected chi connectivity index (χ0v) is 10.9. The lowest BCUT2D eigenvalue weighted by Crippen LogP contribution is -2.32. The number of hydrogen-bond donors (Lipinski definition) is 2. The number of aliphatic carboxylic acids is 1. The number of nitrogens with two attached hydrogens (primary N) is 1. The monoisotopic (exact) mass is 276 g/mol. The zero-order valence-electron chi connectivity index (χ0n) is 10.9. The van der Waals surface area contributed by atoms with Gasteiger partial charge in [-0.1, -0.05) is 30.3 Å². The average molecular weight is 276 g/mol. The Morgan fingerprint density at radius 3 is 2.35 bits per heavy atom. The Hall–Kier alpha value is -2.63. The Labute approximate surface area is 116 Å². The largest absolute Gasteiger partial charge is 0.478 e. The highest BCUT2D eigenvalue weighted by Gasteiger charge is 2.12. The van der Waals surface area contributed by atoms with E-state index in [1.54, 1.807) is 0 Å². The molecule has 0 bridgehead atoms. The fourth-order valence-electron chi connectivity index (χ4n) is 1.56. The van der Waals surface area contributed by atoms with Gasteiger partial charge in [0, 0.05) is 31.7 Å². The minimum atomic E-state index is -1.20. The van der Waals surface area contributed by atoms with E-state index in [1.165, 1.54) is 4.90 Å². The van der Waals surface area contributed by atoms with Crippen LogP contribution in [0.5, 0.6) is 0 Å². The zero-order chi connectivity index (χ0) is 15.0. The molecular formula is C14H16N2O4. The van der Waals surface area contributed by atoms with E-state index in [0.29, 0.717) is 0 Å². The van der Waals surface area contributed by atoms with Crippen LogP contribution in [0.1, 0.15) is 12.0 Å². The van der Waals surface area contributed by atoms with Crippen LogP contribution in [0, 0.1) is 0 Å². The van der Waals surface area contributed by atoms with Crippen molar-refractivity contribution in [1.29, 1.82) is 0 Å². The molecule has 0 aliphatic rings. The summed E-state index contributed by atoms with van der Waals surface area (Å²) in [4.78, 5) is 34.5. The Balaban J connectivity index is 2.76. The van der Waals surface area contributed by atoms with E-state index >= 15 is 0 Å². The number of hydrogen-bond acceptors (Lipinski definition) is 3. The van der Waals surface area contributed by atoms with Gasteiger partial charge in [0.15, 0.2) is 0 Å². The van der Waals surface area contributed by atoms with Crippen LogP contribution in [-0.2, 0) is 20.9 Å². The van der Waals surface area contributed by atoms with E-state index in [9.17, 15) is 14.4 Å². The number of carbonyl (C=O) groups is 3. The standard InChI is InChI=1S/C14H16N2O4/c15-12(17)8-9-16(13(18)6-7-14(19)20)10-11-4-2-1-3-5-11/h1-7H,8-10H2,(H2,15,17)(H,19,20)/b7-6+. The molecule has 0 heterocycles. The molecule has 0 saturated carbocycles. The molecule has 2 amide bonds. The summed E-state index contributed by atoms with van der Waals surface area (Å²) in [6, 6.07) is 9.19. The van der Waals surface area contributed by atoms with Gasteiger partial charge < -0.3 is 15.7 Å². The number of primary amides is 1. The average Bonchev–Trinajstić information content (AvgIpc) is 2.41. The van der Waals surface area contributed by atoms with E-state index < -0.39 is 17.8 Å². The summed E-state index contributed by atoms with van der Waals surface area (Å²) in [7, 11) is 0. The van der Waals surface area contributed by atoms with Gasteiger partial charge in [0.25, 0.3) is 0 Å². The molecule has 0 saturated heterocycles. The van der Waals surface area contributed by atoms with Gasteiger partial charge in [-0.3, -0.25) is 9.59 Å². The number of carboxylic acid groups (broad SMARTS) is 1. The Morgan fingerprint density at radius 2 is 1.80 bits per heavy atom. The highest BCUT2D eigenvalue weighted by atomic mass is 16.4. The minimum absolute atomic E-state index is 0.0273. The van der Waals surface area contributed by atoms with Crippen molar-refractivity contribution < 1.29 is 19.5 Å². The quantitative estimate of drug-likeness (QED) is 0.709. The maximum atomic E-state index is 11.9. The molecule has 0 atom stereocenters. The fourth-order valence-corrected chi connectivity index (χ4v) is 1.56. The smallest absolute Gasteiger partial charge is 0.328 e. The van der Waals surface area contributed by atoms with Gasteiger partial charge in [-0.15, -0.1) is 0 Å². The van der Waals surface area contributed by atoms with Gasteiger partial charge in [0.05, 0.1) is 0 Å². The fraction of sp³-hybridized carbons (Fsp3) is 0.214. The topological polar surface area (TPSA) is 101 Å². The SMILES string of the molecule is NC(=O)CCN(Cc1ccccc1)C(=O)/C=C/C(=O)O. The van der Waals surface area contributed by atoms with Crippen molar-refractivity contribution in [3.05, 3.63) is 48.0 Å². The van der Waals surface area contributed by atoms with Crippen LogP contribution in [0.2, 0.25) is 0 Å². The molecule has 1 aromatic rings. The molecule has 0 aliphatic carbocycles. The van der Waals surface area contributed by atoms with E-state index in [-0.39, 0.29) is 19.5 Å². The summed E-state index contributed by atoms with van der Waals surface area (Å²) in [6.07, 6.45) is 1.76. The van der Waals surface area contributed by atoms with E-state index in [2.05, 4.69) is 0 Å². The lowest BCUT2D eigenvalue weighted by molar-refractivity contribution is -0.132. The second-order valence-electron chi connectivity index (χ2n) is 4.13. The van der Waals surface area contributed by atoms with Crippen molar-refractivity contribution in [3.8, 4) is 0 Å². The molecule has 0 aromatic heterocycles. The van der Waals surface area contributed by atoms with E-state index in [4.69, 9.17) is 10.8 Å². The predicted octanol–water partition coefficient (Wildman–Crippen LogP) is 0.531. The molecule has 1 rings (SSSR count). The number of amides is 2.